The molecule has 23 heavy (non-hydrogen) atoms. The van der Waals surface area contributed by atoms with Crippen LogP contribution in [0.5, 0.6) is 0 Å². The summed E-state index contributed by atoms with van der Waals surface area (Å²) in [7, 11) is 0.0414. The summed E-state index contributed by atoms with van der Waals surface area (Å²) in [5, 5.41) is 0. The molecule has 0 aromatic carbocycles. The molecule has 0 saturated carbocycles. The van der Waals surface area contributed by atoms with E-state index in [1.165, 1.54) is 15.5 Å². The number of hydrogen-bond acceptors (Lipinski definition) is 6. The van der Waals surface area contributed by atoms with Crippen molar-refractivity contribution in [2.45, 2.75) is 6.54 Å². The predicted octanol–water partition coefficient (Wildman–Crippen LogP) is -0.742. The molecule has 1 aromatic heterocycles. The topological polar surface area (TPSA) is 86.7 Å². The van der Waals surface area contributed by atoms with Crippen molar-refractivity contribution in [3.05, 3.63) is 24.3 Å². The number of nitrogens with zero attached hydrogens (tertiary/aromatic N) is 5. The van der Waals surface area contributed by atoms with Gasteiger partial charge in [0.1, 0.15) is 0 Å². The van der Waals surface area contributed by atoms with Crippen LogP contribution >= 0.6 is 0 Å². The van der Waals surface area contributed by atoms with Crippen LogP contribution < -0.4 is 0 Å². The lowest BCUT2D eigenvalue weighted by molar-refractivity contribution is -0.133. The third-order valence-electron chi connectivity index (χ3n) is 3.83. The molecule has 2 heterocycles. The van der Waals surface area contributed by atoms with E-state index < -0.39 is 10.0 Å². The van der Waals surface area contributed by atoms with Crippen molar-refractivity contribution >= 4 is 15.9 Å². The molecule has 1 saturated heterocycles. The quantitative estimate of drug-likeness (QED) is 0.717. The van der Waals surface area contributed by atoms with Gasteiger partial charge in [-0.15, -0.1) is 0 Å². The molecule has 1 aliphatic heterocycles. The number of sulfonamides is 1. The average molecular weight is 341 g/mol. The molecule has 0 N–H and O–H groups in total. The van der Waals surface area contributed by atoms with Crippen molar-refractivity contribution in [1.82, 2.24) is 24.1 Å². The van der Waals surface area contributed by atoms with Crippen LogP contribution in [0.2, 0.25) is 0 Å². The Balaban J connectivity index is 2.17. The van der Waals surface area contributed by atoms with Gasteiger partial charge in [0.25, 0.3) is 0 Å². The number of aromatic nitrogens is 2. The highest BCUT2D eigenvalue weighted by molar-refractivity contribution is 7.88. The molecule has 9 heteroatoms. The van der Waals surface area contributed by atoms with Crippen molar-refractivity contribution in [3.63, 3.8) is 0 Å². The van der Waals surface area contributed by atoms with Crippen LogP contribution in [-0.2, 0) is 21.4 Å². The fraction of sp³-hybridized carbons (Fsp3) is 0.643. The van der Waals surface area contributed by atoms with Crippen LogP contribution in [0.25, 0.3) is 0 Å². The Morgan fingerprint density at radius 2 is 2.04 bits per heavy atom. The van der Waals surface area contributed by atoms with Crippen LogP contribution in [0.3, 0.4) is 0 Å². The van der Waals surface area contributed by atoms with Gasteiger partial charge in [0.05, 0.1) is 17.9 Å². The van der Waals surface area contributed by atoms with E-state index in [1.807, 2.05) is 0 Å². The molecule has 8 nitrogen and oxygen atoms in total. The summed E-state index contributed by atoms with van der Waals surface area (Å²) in [6.45, 7) is 2.19. The second-order valence-corrected chi connectivity index (χ2v) is 7.96. The molecular weight excluding hydrogens is 318 g/mol. The summed E-state index contributed by atoms with van der Waals surface area (Å²) in [5.74, 6) is -0.455. The lowest BCUT2D eigenvalue weighted by Crippen LogP contribution is -2.41. The zero-order valence-electron chi connectivity index (χ0n) is 13.7. The number of hydrogen-bond donors (Lipinski definition) is 0. The third-order valence-corrected chi connectivity index (χ3v) is 5.10. The first-order valence-electron chi connectivity index (χ1n) is 7.41. The van der Waals surface area contributed by atoms with Crippen molar-refractivity contribution in [2.75, 3.05) is 46.5 Å². The lowest BCUT2D eigenvalue weighted by Gasteiger charge is -2.25. The monoisotopic (exact) mass is 341 g/mol. The Bertz CT molecular complexity index is 635. The fourth-order valence-corrected chi connectivity index (χ4v) is 3.52. The van der Waals surface area contributed by atoms with Gasteiger partial charge in [0.15, 0.2) is 0 Å². The first-order valence-corrected chi connectivity index (χ1v) is 9.25. The zero-order chi connectivity index (χ0) is 17.0. The average Bonchev–Trinajstić information content (AvgIpc) is 2.70. The molecule has 0 spiro atoms. The predicted molar refractivity (Wildman–Crippen MR) is 85.9 cm³/mol. The first kappa shape index (κ1) is 17.8. The summed E-state index contributed by atoms with van der Waals surface area (Å²) >= 11 is 0. The maximum atomic E-state index is 12.4. The molecule has 1 amide bonds. The molecule has 1 fully saturated rings. The van der Waals surface area contributed by atoms with Gasteiger partial charge >= 0.3 is 0 Å². The van der Waals surface area contributed by atoms with E-state index in [-0.39, 0.29) is 18.4 Å². The molecule has 0 aliphatic carbocycles. The molecule has 0 radical (unpaired) electrons. The molecule has 1 atom stereocenters. The minimum absolute atomic E-state index is 0.0651. The van der Waals surface area contributed by atoms with Crippen molar-refractivity contribution in [2.24, 2.45) is 5.92 Å². The van der Waals surface area contributed by atoms with Crippen LogP contribution in [0, 0.1) is 5.92 Å². The highest BCUT2D eigenvalue weighted by atomic mass is 32.2. The SMILES string of the molecule is CN(C)C(=O)[C@@H]1CN(Cc2cnccn2)CCN(S(C)(=O)=O)C1. The summed E-state index contributed by atoms with van der Waals surface area (Å²) < 4.78 is 25.2. The second-order valence-electron chi connectivity index (χ2n) is 5.98. The van der Waals surface area contributed by atoms with Gasteiger partial charge in [0, 0.05) is 65.4 Å². The molecule has 0 unspecified atom stereocenters. The third kappa shape index (κ3) is 4.95. The normalized spacial score (nSPS) is 20.9. The van der Waals surface area contributed by atoms with Crippen LogP contribution in [0.1, 0.15) is 5.69 Å². The highest BCUT2D eigenvalue weighted by Gasteiger charge is 2.32. The Hall–Kier alpha value is -1.58. The largest absolute Gasteiger partial charge is 0.348 e. The summed E-state index contributed by atoms with van der Waals surface area (Å²) in [4.78, 5) is 24.2. The van der Waals surface area contributed by atoms with Gasteiger partial charge in [-0.05, 0) is 0 Å². The maximum Gasteiger partial charge on any atom is 0.227 e. The van der Waals surface area contributed by atoms with E-state index in [4.69, 9.17) is 0 Å². The fourth-order valence-electron chi connectivity index (χ4n) is 2.66. The molecule has 0 bridgehead atoms. The van der Waals surface area contributed by atoms with Gasteiger partial charge in [0.2, 0.25) is 15.9 Å². The first-order chi connectivity index (χ1) is 10.8. The van der Waals surface area contributed by atoms with E-state index >= 15 is 0 Å². The zero-order valence-corrected chi connectivity index (χ0v) is 14.5. The summed E-state index contributed by atoms with van der Waals surface area (Å²) in [5.41, 5.74) is 0.802. The number of carbonyl (C=O) groups is 1. The van der Waals surface area contributed by atoms with Crippen LogP contribution in [-0.4, -0.2) is 84.9 Å². The number of amides is 1. The molecule has 128 valence electrons. The van der Waals surface area contributed by atoms with Gasteiger partial charge < -0.3 is 4.90 Å². The molecular formula is C14H23N5O3S. The molecule has 1 aliphatic rings. The van der Waals surface area contributed by atoms with Crippen molar-refractivity contribution < 1.29 is 13.2 Å². The van der Waals surface area contributed by atoms with E-state index in [2.05, 4.69) is 14.9 Å². The smallest absolute Gasteiger partial charge is 0.227 e. The molecule has 1 aromatic rings. The number of rotatable bonds is 4. The Kier molecular flexibility index (Phi) is 5.66. The Morgan fingerprint density at radius 1 is 1.30 bits per heavy atom. The molecule has 2 rings (SSSR count). The Morgan fingerprint density at radius 3 is 2.61 bits per heavy atom. The lowest BCUT2D eigenvalue weighted by atomic mass is 10.1. The van der Waals surface area contributed by atoms with E-state index in [9.17, 15) is 13.2 Å². The van der Waals surface area contributed by atoms with E-state index in [0.29, 0.717) is 26.2 Å². The van der Waals surface area contributed by atoms with Gasteiger partial charge in [-0.25, -0.2) is 12.7 Å². The maximum absolute atomic E-state index is 12.4. The second kappa shape index (κ2) is 7.33. The van der Waals surface area contributed by atoms with Gasteiger partial charge in [-0.3, -0.25) is 19.7 Å². The van der Waals surface area contributed by atoms with Crippen LogP contribution in [0.4, 0.5) is 0 Å². The summed E-state index contributed by atoms with van der Waals surface area (Å²) in [6, 6.07) is 0. The van der Waals surface area contributed by atoms with Gasteiger partial charge in [-0.1, -0.05) is 0 Å². The minimum Gasteiger partial charge on any atom is -0.348 e. The van der Waals surface area contributed by atoms with Crippen molar-refractivity contribution in [3.8, 4) is 0 Å². The highest BCUT2D eigenvalue weighted by Crippen LogP contribution is 2.16. The summed E-state index contributed by atoms with van der Waals surface area (Å²) in [6.07, 6.45) is 6.10. The standard InChI is InChI=1S/C14H23N5O3S/c1-17(2)14(20)12-9-18(11-13-8-15-4-5-16-13)6-7-19(10-12)23(3,21)22/h4-5,8,12H,6-7,9-11H2,1-3H3/t12-/m1/s1. The van der Waals surface area contributed by atoms with Crippen LogP contribution in [0.15, 0.2) is 18.6 Å². The van der Waals surface area contributed by atoms with E-state index in [0.717, 1.165) is 5.69 Å². The van der Waals surface area contributed by atoms with E-state index in [1.54, 1.807) is 32.7 Å². The van der Waals surface area contributed by atoms with Gasteiger partial charge in [-0.2, -0.15) is 0 Å². The Labute approximate surface area is 137 Å². The van der Waals surface area contributed by atoms with Crippen molar-refractivity contribution in [1.29, 1.82) is 0 Å². The minimum atomic E-state index is -3.33. The number of carbonyl (C=O) groups excluding carboxylic acids is 1.